The molecule has 3 unspecified atom stereocenters. The zero-order chi connectivity index (χ0) is 37.8. The Labute approximate surface area is 336 Å². The number of para-hydroxylation sites is 1. The fourth-order valence-corrected chi connectivity index (χ4v) is 11.1. The number of hydrogen-bond donors (Lipinski definition) is 0. The standard InChI is InChI=1S/C54H40N2S/c1-33-12-3-8-19-47(33)56-51-31-37(22-25-42(51)44-18-11-13-34(2)54(44)56)35-23-26-49-45(29-35)41-16-6-9-20-48(41)55(49)50-32-39(28-38-14-4-5-15-40(38)50)36-24-27-53-46(30-36)43-17-7-10-21-52(43)57-53/h3-11,13-34,54H,12H2,1-2H3. The monoisotopic (exact) mass is 748 g/mol. The van der Waals surface area contributed by atoms with Gasteiger partial charge in [-0.1, -0.05) is 129 Å². The molecule has 3 heteroatoms. The molecule has 272 valence electrons. The van der Waals surface area contributed by atoms with Crippen LogP contribution in [0.3, 0.4) is 0 Å². The molecule has 0 bridgehead atoms. The molecule has 3 atom stereocenters. The molecular formula is C54H40N2S. The van der Waals surface area contributed by atoms with Crippen LogP contribution in [0.1, 0.15) is 25.8 Å². The second-order valence-electron chi connectivity index (χ2n) is 16.2. The van der Waals surface area contributed by atoms with Crippen molar-refractivity contribution in [3.05, 3.63) is 187 Å². The third-order valence-corrected chi connectivity index (χ3v) is 14.0. The average molecular weight is 749 g/mol. The number of thiophene rings is 1. The molecule has 0 radical (unpaired) electrons. The van der Waals surface area contributed by atoms with E-state index in [1.807, 2.05) is 11.3 Å². The summed E-state index contributed by atoms with van der Waals surface area (Å²) in [5, 5.41) is 7.67. The molecule has 9 aromatic rings. The van der Waals surface area contributed by atoms with Gasteiger partial charge in [0.1, 0.15) is 0 Å². The van der Waals surface area contributed by atoms with E-state index >= 15 is 0 Å². The molecule has 57 heavy (non-hydrogen) atoms. The highest BCUT2D eigenvalue weighted by Crippen LogP contribution is 2.50. The number of rotatable bonds is 4. The first-order valence-corrected chi connectivity index (χ1v) is 21.1. The van der Waals surface area contributed by atoms with Crippen LogP contribution in [-0.2, 0) is 0 Å². The van der Waals surface area contributed by atoms with E-state index < -0.39 is 0 Å². The number of benzene rings is 7. The molecule has 2 aromatic heterocycles. The van der Waals surface area contributed by atoms with E-state index in [1.54, 1.807) is 0 Å². The maximum Gasteiger partial charge on any atom is 0.0655 e. The summed E-state index contributed by atoms with van der Waals surface area (Å²) in [7, 11) is 0. The van der Waals surface area contributed by atoms with Gasteiger partial charge in [-0.25, -0.2) is 0 Å². The minimum atomic E-state index is 0.318. The second-order valence-corrected chi connectivity index (χ2v) is 17.3. The molecule has 0 saturated carbocycles. The Morgan fingerprint density at radius 1 is 0.544 bits per heavy atom. The summed E-state index contributed by atoms with van der Waals surface area (Å²) in [6.07, 6.45) is 14.9. The summed E-state index contributed by atoms with van der Waals surface area (Å²) in [6, 6.07) is 52.9. The lowest BCUT2D eigenvalue weighted by molar-refractivity contribution is 0.569. The average Bonchev–Trinajstić information content (AvgIpc) is 3.91. The third-order valence-electron chi connectivity index (χ3n) is 12.8. The van der Waals surface area contributed by atoms with Gasteiger partial charge >= 0.3 is 0 Å². The molecule has 1 aliphatic heterocycles. The summed E-state index contributed by atoms with van der Waals surface area (Å²) < 4.78 is 5.16. The van der Waals surface area contributed by atoms with Crippen LogP contribution in [0.2, 0.25) is 0 Å². The van der Waals surface area contributed by atoms with Crippen LogP contribution in [-0.4, -0.2) is 10.6 Å². The molecule has 7 aromatic carbocycles. The summed E-state index contributed by atoms with van der Waals surface area (Å²) in [6.45, 7) is 4.74. The maximum atomic E-state index is 2.66. The summed E-state index contributed by atoms with van der Waals surface area (Å²) >= 11 is 1.87. The van der Waals surface area contributed by atoms with Crippen LogP contribution < -0.4 is 4.90 Å². The number of fused-ring (bicyclic) bond motifs is 10. The lowest BCUT2D eigenvalue weighted by Gasteiger charge is -2.37. The van der Waals surface area contributed by atoms with Crippen LogP contribution in [0.4, 0.5) is 5.69 Å². The van der Waals surface area contributed by atoms with E-state index in [1.165, 1.54) is 103 Å². The molecule has 3 heterocycles. The first-order chi connectivity index (χ1) is 28.1. The first kappa shape index (κ1) is 32.8. The summed E-state index contributed by atoms with van der Waals surface area (Å²) in [4.78, 5) is 2.66. The predicted octanol–water partition coefficient (Wildman–Crippen LogP) is 14.9. The predicted molar refractivity (Wildman–Crippen MR) is 246 cm³/mol. The number of aromatic nitrogens is 1. The van der Waals surface area contributed by atoms with Crippen molar-refractivity contribution < 1.29 is 0 Å². The molecular weight excluding hydrogens is 709 g/mol. The van der Waals surface area contributed by atoms with Gasteiger partial charge in [0.05, 0.1) is 22.8 Å². The summed E-state index contributed by atoms with van der Waals surface area (Å²) in [5.74, 6) is 0.898. The number of nitrogens with zero attached hydrogens (tertiary/aromatic N) is 2. The minimum Gasteiger partial charge on any atom is -0.336 e. The van der Waals surface area contributed by atoms with E-state index in [0.29, 0.717) is 17.9 Å². The zero-order valence-corrected chi connectivity index (χ0v) is 32.8. The van der Waals surface area contributed by atoms with Gasteiger partial charge in [0.2, 0.25) is 0 Å². The first-order valence-electron chi connectivity index (χ1n) is 20.3. The number of hydrogen-bond acceptors (Lipinski definition) is 2. The Morgan fingerprint density at radius 2 is 1.25 bits per heavy atom. The van der Waals surface area contributed by atoms with Crippen LogP contribution >= 0.6 is 11.3 Å². The molecule has 2 aliphatic carbocycles. The highest BCUT2D eigenvalue weighted by Gasteiger charge is 2.40. The lowest BCUT2D eigenvalue weighted by atomic mass is 9.87. The van der Waals surface area contributed by atoms with Gasteiger partial charge in [-0.3, -0.25) is 0 Å². The van der Waals surface area contributed by atoms with Crippen molar-refractivity contribution in [2.75, 3.05) is 4.90 Å². The fraction of sp³-hybridized carbons (Fsp3) is 0.111. The fourth-order valence-electron chi connectivity index (χ4n) is 10.1. The Hall–Kier alpha value is -6.42. The van der Waals surface area contributed by atoms with Gasteiger partial charge in [0.15, 0.2) is 0 Å². The van der Waals surface area contributed by atoms with Crippen molar-refractivity contribution in [2.45, 2.75) is 26.3 Å². The highest BCUT2D eigenvalue weighted by atomic mass is 32.1. The van der Waals surface area contributed by atoms with Gasteiger partial charge in [-0.2, -0.15) is 0 Å². The third kappa shape index (κ3) is 4.95. The number of anilines is 1. The van der Waals surface area contributed by atoms with Crippen molar-refractivity contribution >= 4 is 75.3 Å². The Morgan fingerprint density at radius 3 is 2.16 bits per heavy atom. The molecule has 0 saturated heterocycles. The van der Waals surface area contributed by atoms with Crippen LogP contribution in [0.25, 0.3) is 86.3 Å². The van der Waals surface area contributed by atoms with E-state index in [4.69, 9.17) is 0 Å². The SMILES string of the molecule is CC1CC=CC=C1N1c2cc(-c3ccc4c(c3)c3ccccc3n4-c3cc(-c4ccc5sc6ccccc6c5c4)cc4ccccc34)ccc2C2=CC=CC(C)C21. The zero-order valence-electron chi connectivity index (χ0n) is 32.0. The van der Waals surface area contributed by atoms with E-state index in [9.17, 15) is 0 Å². The van der Waals surface area contributed by atoms with E-state index in [0.717, 1.165) is 6.42 Å². The molecule has 0 amide bonds. The maximum absolute atomic E-state index is 2.66. The topological polar surface area (TPSA) is 8.17 Å². The van der Waals surface area contributed by atoms with E-state index in [-0.39, 0.29) is 0 Å². The van der Waals surface area contributed by atoms with Crippen molar-refractivity contribution in [3.63, 3.8) is 0 Å². The Bertz CT molecular complexity index is 3270. The van der Waals surface area contributed by atoms with Crippen LogP contribution in [0.15, 0.2) is 182 Å². The quantitative estimate of drug-likeness (QED) is 0.174. The van der Waals surface area contributed by atoms with Crippen molar-refractivity contribution in [1.29, 1.82) is 0 Å². The van der Waals surface area contributed by atoms with Gasteiger partial charge in [0, 0.05) is 53.3 Å². The molecule has 2 nitrogen and oxygen atoms in total. The molecule has 3 aliphatic rings. The smallest absolute Gasteiger partial charge is 0.0655 e. The Kier molecular flexibility index (Phi) is 7.22. The Balaban J connectivity index is 1.03. The van der Waals surface area contributed by atoms with Crippen molar-refractivity contribution in [1.82, 2.24) is 4.57 Å². The molecule has 0 spiro atoms. The second kappa shape index (κ2) is 12.5. The van der Waals surface area contributed by atoms with Gasteiger partial charge in [-0.05, 0) is 112 Å². The largest absolute Gasteiger partial charge is 0.336 e. The number of allylic oxidation sites excluding steroid dienone is 6. The highest BCUT2D eigenvalue weighted by molar-refractivity contribution is 7.25. The molecule has 0 fully saturated rings. The van der Waals surface area contributed by atoms with Crippen LogP contribution in [0, 0.1) is 11.8 Å². The van der Waals surface area contributed by atoms with Crippen molar-refractivity contribution in [2.24, 2.45) is 11.8 Å². The van der Waals surface area contributed by atoms with E-state index in [2.05, 4.69) is 199 Å². The van der Waals surface area contributed by atoms with Crippen LogP contribution in [0.5, 0.6) is 0 Å². The normalized spacial score (nSPS) is 18.8. The van der Waals surface area contributed by atoms with Gasteiger partial charge < -0.3 is 9.47 Å². The summed E-state index contributed by atoms with van der Waals surface area (Å²) in [5.41, 5.74) is 14.1. The van der Waals surface area contributed by atoms with Crippen molar-refractivity contribution in [3.8, 4) is 27.9 Å². The lowest BCUT2D eigenvalue weighted by Crippen LogP contribution is -2.38. The molecule has 0 N–H and O–H groups in total. The minimum absolute atomic E-state index is 0.318. The molecule has 12 rings (SSSR count). The van der Waals surface area contributed by atoms with Gasteiger partial charge in [-0.15, -0.1) is 11.3 Å². The van der Waals surface area contributed by atoms with Gasteiger partial charge in [0.25, 0.3) is 0 Å².